The molecule has 0 unspecified atom stereocenters. The van der Waals surface area contributed by atoms with Gasteiger partial charge in [0.2, 0.25) is 5.91 Å². The van der Waals surface area contributed by atoms with Crippen LogP contribution in [0.1, 0.15) is 24.0 Å². The number of hydrogen-bond donors (Lipinski definition) is 1. The number of benzene rings is 1. The van der Waals surface area contributed by atoms with Gasteiger partial charge in [-0.2, -0.15) is 13.2 Å². The van der Waals surface area contributed by atoms with E-state index in [1.807, 2.05) is 12.3 Å². The SMILES string of the molecule is O=C(NCc1ccc(C(F)(F)F)cc1)C1CCN(c2nccc3sccc23)CC1. The number of carbonyl (C=O) groups excluding carboxylic acids is 1. The van der Waals surface area contributed by atoms with Crippen LogP contribution in [0, 0.1) is 5.92 Å². The fraction of sp³-hybridized carbons (Fsp3) is 0.333. The van der Waals surface area contributed by atoms with Gasteiger partial charge in [-0.1, -0.05) is 12.1 Å². The molecule has 1 N–H and O–H groups in total. The average Bonchev–Trinajstić information content (AvgIpc) is 3.21. The van der Waals surface area contributed by atoms with Gasteiger partial charge in [-0.25, -0.2) is 4.98 Å². The molecule has 0 radical (unpaired) electrons. The van der Waals surface area contributed by atoms with Crippen LogP contribution in [0.5, 0.6) is 0 Å². The second-order valence-electron chi connectivity index (χ2n) is 7.14. The van der Waals surface area contributed by atoms with Gasteiger partial charge in [0.05, 0.1) is 5.56 Å². The van der Waals surface area contributed by atoms with Gasteiger partial charge in [0.25, 0.3) is 0 Å². The van der Waals surface area contributed by atoms with Gasteiger partial charge >= 0.3 is 6.18 Å². The second-order valence-corrected chi connectivity index (χ2v) is 8.09. The lowest BCUT2D eigenvalue weighted by Gasteiger charge is -2.32. The first-order valence-corrected chi connectivity index (χ1v) is 10.3. The molecule has 1 aromatic carbocycles. The number of amides is 1. The van der Waals surface area contributed by atoms with E-state index in [4.69, 9.17) is 0 Å². The van der Waals surface area contributed by atoms with Crippen LogP contribution in [0.4, 0.5) is 19.0 Å². The maximum absolute atomic E-state index is 12.6. The predicted octanol–water partition coefficient (Wildman–Crippen LogP) is 4.85. The molecule has 4 rings (SSSR count). The number of halogens is 3. The zero-order valence-corrected chi connectivity index (χ0v) is 16.4. The Morgan fingerprint density at radius 2 is 1.86 bits per heavy atom. The molecule has 1 aliphatic heterocycles. The Bertz CT molecular complexity index is 992. The highest BCUT2D eigenvalue weighted by atomic mass is 32.1. The summed E-state index contributed by atoms with van der Waals surface area (Å²) in [6.45, 7) is 1.73. The number of anilines is 1. The summed E-state index contributed by atoms with van der Waals surface area (Å²) in [7, 11) is 0. The first kappa shape index (κ1) is 19.7. The molecule has 0 aliphatic carbocycles. The number of fused-ring (bicyclic) bond motifs is 1. The quantitative estimate of drug-likeness (QED) is 0.658. The van der Waals surface area contributed by atoms with E-state index in [2.05, 4.69) is 26.6 Å². The standard InChI is InChI=1S/C21H20F3N3OS/c22-21(23,24)16-3-1-14(2-4-16)13-26-20(28)15-6-10-27(11-7-15)19-17-8-12-29-18(17)5-9-25-19/h1-5,8-9,12,15H,6-7,10-11,13H2,(H,26,28). The van der Waals surface area contributed by atoms with Crippen LogP contribution in [0.25, 0.3) is 10.1 Å². The van der Waals surface area contributed by atoms with Crippen LogP contribution in [-0.4, -0.2) is 24.0 Å². The van der Waals surface area contributed by atoms with Gasteiger partial charge in [-0.3, -0.25) is 4.79 Å². The molecule has 1 fully saturated rings. The van der Waals surface area contributed by atoms with Crippen molar-refractivity contribution in [3.05, 3.63) is 59.1 Å². The molecule has 1 saturated heterocycles. The molecule has 152 valence electrons. The summed E-state index contributed by atoms with van der Waals surface area (Å²) < 4.78 is 39.1. The number of thiophene rings is 1. The fourth-order valence-corrected chi connectivity index (χ4v) is 4.41. The van der Waals surface area contributed by atoms with Crippen molar-refractivity contribution in [2.45, 2.75) is 25.6 Å². The van der Waals surface area contributed by atoms with E-state index in [0.29, 0.717) is 5.56 Å². The molecule has 4 nitrogen and oxygen atoms in total. The van der Waals surface area contributed by atoms with Gasteiger partial charge in [0.1, 0.15) is 5.82 Å². The van der Waals surface area contributed by atoms with Crippen molar-refractivity contribution < 1.29 is 18.0 Å². The lowest BCUT2D eigenvalue weighted by molar-refractivity contribution is -0.137. The van der Waals surface area contributed by atoms with Gasteiger partial charge < -0.3 is 10.2 Å². The van der Waals surface area contributed by atoms with Crippen LogP contribution in [-0.2, 0) is 17.5 Å². The molecule has 3 heterocycles. The van der Waals surface area contributed by atoms with E-state index in [1.165, 1.54) is 16.8 Å². The number of carbonyl (C=O) groups is 1. The average molecular weight is 419 g/mol. The second kappa shape index (κ2) is 8.02. The van der Waals surface area contributed by atoms with E-state index in [0.717, 1.165) is 49.3 Å². The summed E-state index contributed by atoms with van der Waals surface area (Å²) in [5, 5.41) is 6.05. The summed E-state index contributed by atoms with van der Waals surface area (Å²) in [5.41, 5.74) is -0.0358. The molecule has 0 atom stereocenters. The van der Waals surface area contributed by atoms with E-state index >= 15 is 0 Å². The Balaban J connectivity index is 1.31. The third-order valence-corrected chi connectivity index (χ3v) is 6.15. The molecule has 1 aliphatic rings. The lowest BCUT2D eigenvalue weighted by atomic mass is 9.95. The Morgan fingerprint density at radius 3 is 2.55 bits per heavy atom. The molecule has 29 heavy (non-hydrogen) atoms. The number of piperidine rings is 1. The van der Waals surface area contributed by atoms with Crippen LogP contribution in [0.3, 0.4) is 0 Å². The largest absolute Gasteiger partial charge is 0.416 e. The number of alkyl halides is 3. The van der Waals surface area contributed by atoms with Gasteiger partial charge in [0, 0.05) is 41.8 Å². The Kier molecular flexibility index (Phi) is 5.45. The summed E-state index contributed by atoms with van der Waals surface area (Å²) in [6.07, 6.45) is -1.09. The maximum atomic E-state index is 12.6. The minimum absolute atomic E-state index is 0.0498. The Hall–Kier alpha value is -2.61. The molecule has 2 aromatic heterocycles. The number of nitrogens with zero attached hydrogens (tertiary/aromatic N) is 2. The van der Waals surface area contributed by atoms with Gasteiger partial charge in [-0.15, -0.1) is 11.3 Å². The Labute approximate surface area is 170 Å². The van der Waals surface area contributed by atoms with Crippen molar-refractivity contribution in [2.75, 3.05) is 18.0 Å². The monoisotopic (exact) mass is 419 g/mol. The number of pyridine rings is 1. The molecule has 1 amide bonds. The lowest BCUT2D eigenvalue weighted by Crippen LogP contribution is -2.40. The highest BCUT2D eigenvalue weighted by molar-refractivity contribution is 7.17. The zero-order chi connectivity index (χ0) is 20.4. The summed E-state index contributed by atoms with van der Waals surface area (Å²) in [4.78, 5) is 19.2. The van der Waals surface area contributed by atoms with E-state index in [-0.39, 0.29) is 18.4 Å². The van der Waals surface area contributed by atoms with Crippen LogP contribution in [0.15, 0.2) is 48.0 Å². The number of nitrogens with one attached hydrogen (secondary N) is 1. The van der Waals surface area contributed by atoms with Crippen molar-refractivity contribution in [3.63, 3.8) is 0 Å². The minimum Gasteiger partial charge on any atom is -0.356 e. The number of aromatic nitrogens is 1. The summed E-state index contributed by atoms with van der Waals surface area (Å²) >= 11 is 1.68. The van der Waals surface area contributed by atoms with E-state index < -0.39 is 11.7 Å². The van der Waals surface area contributed by atoms with Crippen LogP contribution < -0.4 is 10.2 Å². The third kappa shape index (κ3) is 4.37. The predicted molar refractivity (Wildman–Crippen MR) is 108 cm³/mol. The van der Waals surface area contributed by atoms with Crippen molar-refractivity contribution >= 4 is 33.1 Å². The topological polar surface area (TPSA) is 45.2 Å². The van der Waals surface area contributed by atoms with E-state index in [9.17, 15) is 18.0 Å². The first-order chi connectivity index (χ1) is 13.9. The molecule has 0 bridgehead atoms. The van der Waals surface area contributed by atoms with Gasteiger partial charge in [0.15, 0.2) is 0 Å². The van der Waals surface area contributed by atoms with Crippen molar-refractivity contribution in [1.82, 2.24) is 10.3 Å². The first-order valence-electron chi connectivity index (χ1n) is 9.43. The van der Waals surface area contributed by atoms with Crippen molar-refractivity contribution in [2.24, 2.45) is 5.92 Å². The normalized spacial score (nSPS) is 15.6. The van der Waals surface area contributed by atoms with Crippen LogP contribution >= 0.6 is 11.3 Å². The minimum atomic E-state index is -4.35. The highest BCUT2D eigenvalue weighted by Gasteiger charge is 2.30. The van der Waals surface area contributed by atoms with Crippen molar-refractivity contribution in [1.29, 1.82) is 0 Å². The smallest absolute Gasteiger partial charge is 0.356 e. The molecule has 8 heteroatoms. The highest BCUT2D eigenvalue weighted by Crippen LogP contribution is 2.31. The third-order valence-electron chi connectivity index (χ3n) is 5.27. The molecule has 3 aromatic rings. The zero-order valence-electron chi connectivity index (χ0n) is 15.6. The molecular weight excluding hydrogens is 399 g/mol. The maximum Gasteiger partial charge on any atom is 0.416 e. The molecule has 0 spiro atoms. The summed E-state index contributed by atoms with van der Waals surface area (Å²) in [5.74, 6) is 0.820. The number of rotatable bonds is 4. The molecule has 0 saturated carbocycles. The fourth-order valence-electron chi connectivity index (χ4n) is 3.63. The summed E-state index contributed by atoms with van der Waals surface area (Å²) in [6, 6.07) is 8.96. The van der Waals surface area contributed by atoms with Gasteiger partial charge in [-0.05, 0) is 48.1 Å². The van der Waals surface area contributed by atoms with E-state index in [1.54, 1.807) is 11.3 Å². The Morgan fingerprint density at radius 1 is 1.14 bits per heavy atom. The molecular formula is C21H20F3N3OS. The van der Waals surface area contributed by atoms with Crippen LogP contribution in [0.2, 0.25) is 0 Å². The number of hydrogen-bond acceptors (Lipinski definition) is 4. The van der Waals surface area contributed by atoms with Crippen molar-refractivity contribution in [3.8, 4) is 0 Å².